The molecule has 5 rings (SSSR count). The van der Waals surface area contributed by atoms with Gasteiger partial charge < -0.3 is 15.8 Å². The first kappa shape index (κ1) is 24.0. The Balaban J connectivity index is 1.56. The summed E-state index contributed by atoms with van der Waals surface area (Å²) in [5.74, 6) is -0.0259. The number of primary amides is 1. The zero-order valence-electron chi connectivity index (χ0n) is 20.3. The minimum Gasteiger partial charge on any atom is -0.494 e. The van der Waals surface area contributed by atoms with E-state index in [9.17, 15) is 9.59 Å². The average Bonchev–Trinajstić information content (AvgIpc) is 3.19. The summed E-state index contributed by atoms with van der Waals surface area (Å²) >= 11 is 1.48. The van der Waals surface area contributed by atoms with E-state index in [2.05, 4.69) is 5.32 Å². The lowest BCUT2D eigenvalue weighted by molar-refractivity contribution is 0.100. The van der Waals surface area contributed by atoms with Gasteiger partial charge in [-0.25, -0.2) is 4.98 Å². The van der Waals surface area contributed by atoms with Gasteiger partial charge >= 0.3 is 0 Å². The molecule has 3 N–H and O–H groups in total. The molecule has 2 aromatic carbocycles. The van der Waals surface area contributed by atoms with E-state index in [-0.39, 0.29) is 5.91 Å². The summed E-state index contributed by atoms with van der Waals surface area (Å²) in [6.45, 7) is 2.50. The van der Waals surface area contributed by atoms with Crippen LogP contribution in [0.2, 0.25) is 0 Å². The lowest BCUT2D eigenvalue weighted by Crippen LogP contribution is -2.18. The van der Waals surface area contributed by atoms with E-state index in [4.69, 9.17) is 15.5 Å². The number of aryl methyl sites for hydroxylation is 1. The number of nitrogens with two attached hydrogens (primary N) is 1. The maximum atomic E-state index is 13.7. The highest BCUT2D eigenvalue weighted by Gasteiger charge is 2.25. The van der Waals surface area contributed by atoms with Crippen molar-refractivity contribution >= 4 is 39.1 Å². The number of thiophene rings is 1. The molecule has 0 aliphatic heterocycles. The van der Waals surface area contributed by atoms with E-state index < -0.39 is 5.91 Å². The van der Waals surface area contributed by atoms with Gasteiger partial charge in [0.25, 0.3) is 11.8 Å². The molecule has 2 heterocycles. The third-order valence-corrected chi connectivity index (χ3v) is 7.75. The van der Waals surface area contributed by atoms with Crippen molar-refractivity contribution in [3.63, 3.8) is 0 Å². The molecule has 0 spiro atoms. The number of anilines is 1. The number of benzene rings is 2. The van der Waals surface area contributed by atoms with Gasteiger partial charge in [0.2, 0.25) is 0 Å². The average molecular weight is 500 g/mol. The van der Waals surface area contributed by atoms with Crippen molar-refractivity contribution < 1.29 is 14.3 Å². The molecule has 6 nitrogen and oxygen atoms in total. The zero-order chi connectivity index (χ0) is 25.1. The molecule has 184 valence electrons. The van der Waals surface area contributed by atoms with Crippen molar-refractivity contribution in [2.24, 2.45) is 5.73 Å². The number of ether oxygens (including phenoxy) is 1. The Morgan fingerprint density at radius 1 is 1.03 bits per heavy atom. The maximum Gasteiger partial charge on any atom is 0.257 e. The lowest BCUT2D eigenvalue weighted by atomic mass is 9.96. The highest BCUT2D eigenvalue weighted by molar-refractivity contribution is 7.17. The van der Waals surface area contributed by atoms with Crippen molar-refractivity contribution in [1.82, 2.24) is 4.98 Å². The van der Waals surface area contributed by atoms with Gasteiger partial charge in [-0.15, -0.1) is 11.3 Å². The summed E-state index contributed by atoms with van der Waals surface area (Å²) in [4.78, 5) is 32.1. The molecule has 0 radical (unpaired) electrons. The van der Waals surface area contributed by atoms with E-state index >= 15 is 0 Å². The lowest BCUT2D eigenvalue weighted by Gasteiger charge is -2.12. The Kier molecular flexibility index (Phi) is 7.00. The predicted octanol–water partition coefficient (Wildman–Crippen LogP) is 6.37. The van der Waals surface area contributed by atoms with Crippen LogP contribution >= 0.6 is 11.3 Å². The van der Waals surface area contributed by atoms with E-state index in [0.29, 0.717) is 28.4 Å². The van der Waals surface area contributed by atoms with Crippen molar-refractivity contribution in [3.05, 3.63) is 76.2 Å². The number of carbonyl (C=O) groups is 2. The Hall–Kier alpha value is -3.71. The molecule has 0 saturated carbocycles. The quantitative estimate of drug-likeness (QED) is 0.322. The Bertz CT molecular complexity index is 1440. The standard InChI is InChI=1S/C29H29N3O3S/c1-2-35-19-11-9-10-18(16-19)24-17-22(20-12-7-8-14-23(20)31-24)28(34)32-29-26(27(30)33)21-13-5-3-4-6-15-25(21)36-29/h7-12,14,16-17H,2-6,13,15H2,1H3,(H2,30,33)(H,32,34). The first-order valence-electron chi connectivity index (χ1n) is 12.4. The number of rotatable bonds is 6. The maximum absolute atomic E-state index is 13.7. The van der Waals surface area contributed by atoms with E-state index in [1.165, 1.54) is 17.8 Å². The van der Waals surface area contributed by atoms with Gasteiger partial charge in [-0.2, -0.15) is 0 Å². The van der Waals surface area contributed by atoms with Crippen LogP contribution in [0.1, 0.15) is 63.8 Å². The fourth-order valence-corrected chi connectivity index (χ4v) is 6.15. The van der Waals surface area contributed by atoms with Crippen LogP contribution in [0, 0.1) is 0 Å². The number of hydrogen-bond acceptors (Lipinski definition) is 5. The third kappa shape index (κ3) is 4.84. The fraction of sp³-hybridized carbons (Fsp3) is 0.276. The summed E-state index contributed by atoms with van der Waals surface area (Å²) in [7, 11) is 0. The number of amides is 2. The van der Waals surface area contributed by atoms with Crippen molar-refractivity contribution in [3.8, 4) is 17.0 Å². The fourth-order valence-electron chi connectivity index (χ4n) is 4.86. The highest BCUT2D eigenvalue weighted by Crippen LogP contribution is 2.37. The molecule has 1 aliphatic carbocycles. The number of hydrogen-bond donors (Lipinski definition) is 2. The molecular weight excluding hydrogens is 470 g/mol. The van der Waals surface area contributed by atoms with E-state index in [0.717, 1.165) is 64.8 Å². The summed E-state index contributed by atoms with van der Waals surface area (Å²) in [5.41, 5.74) is 10.0. The molecule has 4 aromatic rings. The van der Waals surface area contributed by atoms with Gasteiger partial charge in [0.15, 0.2) is 0 Å². The minimum absolute atomic E-state index is 0.285. The number of nitrogens with one attached hydrogen (secondary N) is 1. The molecule has 7 heteroatoms. The van der Waals surface area contributed by atoms with Gasteiger partial charge in [0.05, 0.1) is 28.9 Å². The summed E-state index contributed by atoms with van der Waals surface area (Å²) in [6.07, 6.45) is 6.16. The van der Waals surface area contributed by atoms with Crippen molar-refractivity contribution in [2.75, 3.05) is 11.9 Å². The number of fused-ring (bicyclic) bond motifs is 2. The molecule has 1 aliphatic rings. The van der Waals surface area contributed by atoms with Crippen LogP contribution in [-0.4, -0.2) is 23.4 Å². The molecule has 0 atom stereocenters. The SMILES string of the molecule is CCOc1cccc(-c2cc(C(=O)Nc3sc4c(c3C(N)=O)CCCCCC4)c3ccccc3n2)c1. The van der Waals surface area contributed by atoms with Gasteiger partial charge in [-0.1, -0.05) is 43.2 Å². The number of nitrogens with zero attached hydrogens (tertiary/aromatic N) is 1. The second-order valence-electron chi connectivity index (χ2n) is 8.97. The summed E-state index contributed by atoms with van der Waals surface area (Å²) in [6, 6.07) is 17.1. The van der Waals surface area contributed by atoms with Crippen LogP contribution < -0.4 is 15.8 Å². The normalized spacial score (nSPS) is 13.5. The molecule has 2 aromatic heterocycles. The van der Waals surface area contributed by atoms with Gasteiger partial charge in [-0.3, -0.25) is 9.59 Å². The summed E-state index contributed by atoms with van der Waals surface area (Å²) < 4.78 is 5.66. The predicted molar refractivity (Wildman–Crippen MR) is 145 cm³/mol. The van der Waals surface area contributed by atoms with Gasteiger partial charge in [0.1, 0.15) is 10.8 Å². The second kappa shape index (κ2) is 10.5. The zero-order valence-corrected chi connectivity index (χ0v) is 21.1. The third-order valence-electron chi connectivity index (χ3n) is 6.55. The van der Waals surface area contributed by atoms with Gasteiger partial charge in [-0.05, 0) is 62.4 Å². The van der Waals surface area contributed by atoms with E-state index in [1.54, 1.807) is 6.07 Å². The van der Waals surface area contributed by atoms with Gasteiger partial charge in [0, 0.05) is 15.8 Å². The van der Waals surface area contributed by atoms with Crippen LogP contribution in [-0.2, 0) is 12.8 Å². The highest BCUT2D eigenvalue weighted by atomic mass is 32.1. The Labute approximate surface area is 214 Å². The Morgan fingerprint density at radius 2 is 1.83 bits per heavy atom. The number of para-hydroxylation sites is 1. The molecule has 0 unspecified atom stereocenters. The second-order valence-corrected chi connectivity index (χ2v) is 10.1. The summed E-state index contributed by atoms with van der Waals surface area (Å²) in [5, 5.41) is 4.32. The smallest absolute Gasteiger partial charge is 0.257 e. The minimum atomic E-state index is -0.489. The molecular formula is C29H29N3O3S. The van der Waals surface area contributed by atoms with Crippen molar-refractivity contribution in [1.29, 1.82) is 0 Å². The van der Waals surface area contributed by atoms with Crippen LogP contribution in [0.3, 0.4) is 0 Å². The number of aromatic nitrogens is 1. The van der Waals surface area contributed by atoms with Crippen LogP contribution in [0.5, 0.6) is 5.75 Å². The van der Waals surface area contributed by atoms with Crippen LogP contribution in [0.4, 0.5) is 5.00 Å². The first-order valence-corrected chi connectivity index (χ1v) is 13.3. The van der Waals surface area contributed by atoms with Crippen LogP contribution in [0.15, 0.2) is 54.6 Å². The molecule has 2 amide bonds. The molecule has 0 saturated heterocycles. The topological polar surface area (TPSA) is 94.3 Å². The molecule has 36 heavy (non-hydrogen) atoms. The Morgan fingerprint density at radius 3 is 2.64 bits per heavy atom. The number of carbonyl (C=O) groups excluding carboxylic acids is 2. The monoisotopic (exact) mass is 499 g/mol. The first-order chi connectivity index (χ1) is 17.5. The van der Waals surface area contributed by atoms with E-state index in [1.807, 2.05) is 55.5 Å². The molecule has 0 fully saturated rings. The van der Waals surface area contributed by atoms with Crippen molar-refractivity contribution in [2.45, 2.75) is 45.4 Å². The van der Waals surface area contributed by atoms with Crippen LogP contribution in [0.25, 0.3) is 22.2 Å². The largest absolute Gasteiger partial charge is 0.494 e. The number of pyridine rings is 1. The molecule has 0 bridgehead atoms.